The van der Waals surface area contributed by atoms with Crippen molar-refractivity contribution < 1.29 is 0 Å². The third-order valence-corrected chi connectivity index (χ3v) is 3.75. The molecule has 0 saturated carbocycles. The molecule has 4 nitrogen and oxygen atoms in total. The lowest BCUT2D eigenvalue weighted by molar-refractivity contribution is 0.549. The molecule has 3 rings (SSSR count). The maximum Gasteiger partial charge on any atom is 0.148 e. The van der Waals surface area contributed by atoms with Gasteiger partial charge in [0.15, 0.2) is 0 Å². The van der Waals surface area contributed by atoms with Crippen molar-refractivity contribution in [3.63, 3.8) is 0 Å². The van der Waals surface area contributed by atoms with Crippen LogP contribution < -0.4 is 10.6 Å². The third kappa shape index (κ3) is 2.84. The number of hydrogen-bond acceptors (Lipinski definition) is 4. The van der Waals surface area contributed by atoms with Crippen LogP contribution in [0.15, 0.2) is 24.3 Å². The van der Waals surface area contributed by atoms with Gasteiger partial charge in [0.1, 0.15) is 5.82 Å². The minimum absolute atomic E-state index is 0.807. The molecule has 2 heterocycles. The highest BCUT2D eigenvalue weighted by molar-refractivity contribution is 5.76. The van der Waals surface area contributed by atoms with Crippen molar-refractivity contribution in [2.24, 2.45) is 5.92 Å². The predicted molar refractivity (Wildman–Crippen MR) is 78.4 cm³/mol. The average Bonchev–Trinajstić information content (AvgIpc) is 2.92. The van der Waals surface area contributed by atoms with E-state index < -0.39 is 0 Å². The van der Waals surface area contributed by atoms with E-state index in [0.717, 1.165) is 41.6 Å². The van der Waals surface area contributed by atoms with Gasteiger partial charge >= 0.3 is 0 Å². The summed E-state index contributed by atoms with van der Waals surface area (Å²) in [4.78, 5) is 9.24. The van der Waals surface area contributed by atoms with Crippen LogP contribution in [-0.4, -0.2) is 29.6 Å². The third-order valence-electron chi connectivity index (χ3n) is 3.75. The lowest BCUT2D eigenvalue weighted by atomic mass is 10.1. The second-order valence-electron chi connectivity index (χ2n) is 5.22. The quantitative estimate of drug-likeness (QED) is 0.881. The summed E-state index contributed by atoms with van der Waals surface area (Å²) in [7, 11) is 0. The van der Waals surface area contributed by atoms with E-state index in [1.807, 2.05) is 31.2 Å². The summed E-state index contributed by atoms with van der Waals surface area (Å²) in [6, 6.07) is 8.01. The Balaban J connectivity index is 1.67. The fourth-order valence-corrected chi connectivity index (χ4v) is 2.61. The van der Waals surface area contributed by atoms with E-state index in [1.165, 1.54) is 19.4 Å². The van der Waals surface area contributed by atoms with Crippen LogP contribution in [0, 0.1) is 12.8 Å². The standard InChI is InChI=1S/C15H20N4/c1-11-15(17-9-7-12-6-8-16-10-12)19-14-5-3-2-4-13(14)18-11/h2-5,12,16H,6-10H2,1H3,(H,17,19). The molecule has 1 aromatic heterocycles. The molecule has 0 amide bonds. The van der Waals surface area contributed by atoms with Gasteiger partial charge in [-0.1, -0.05) is 12.1 Å². The van der Waals surface area contributed by atoms with Gasteiger partial charge in [0.25, 0.3) is 0 Å². The van der Waals surface area contributed by atoms with Crippen molar-refractivity contribution in [3.8, 4) is 0 Å². The van der Waals surface area contributed by atoms with Crippen molar-refractivity contribution in [1.82, 2.24) is 15.3 Å². The highest BCUT2D eigenvalue weighted by Gasteiger charge is 2.14. The normalized spacial score (nSPS) is 18.9. The van der Waals surface area contributed by atoms with E-state index in [-0.39, 0.29) is 0 Å². The first kappa shape index (κ1) is 12.4. The second-order valence-corrected chi connectivity index (χ2v) is 5.22. The zero-order chi connectivity index (χ0) is 13.1. The summed E-state index contributed by atoms with van der Waals surface area (Å²) in [6.45, 7) is 5.31. The van der Waals surface area contributed by atoms with E-state index in [9.17, 15) is 0 Å². The summed E-state index contributed by atoms with van der Waals surface area (Å²) in [6.07, 6.45) is 2.49. The number of nitrogens with one attached hydrogen (secondary N) is 2. The van der Waals surface area contributed by atoms with Gasteiger partial charge in [-0.3, -0.25) is 0 Å². The molecule has 1 fully saturated rings. The molecule has 1 aliphatic rings. The van der Waals surface area contributed by atoms with Crippen molar-refractivity contribution in [1.29, 1.82) is 0 Å². The predicted octanol–water partition coefficient (Wildman–Crippen LogP) is 2.35. The summed E-state index contributed by atoms with van der Waals surface area (Å²) >= 11 is 0. The Morgan fingerprint density at radius 2 is 2.05 bits per heavy atom. The molecule has 19 heavy (non-hydrogen) atoms. The first-order valence-electron chi connectivity index (χ1n) is 7.01. The molecule has 1 saturated heterocycles. The van der Waals surface area contributed by atoms with Gasteiger partial charge in [0, 0.05) is 6.54 Å². The molecule has 1 atom stereocenters. The number of nitrogens with zero attached hydrogens (tertiary/aromatic N) is 2. The van der Waals surface area contributed by atoms with Crippen LogP contribution in [0.2, 0.25) is 0 Å². The molecule has 100 valence electrons. The van der Waals surface area contributed by atoms with Crippen molar-refractivity contribution in [3.05, 3.63) is 30.0 Å². The fourth-order valence-electron chi connectivity index (χ4n) is 2.61. The molecule has 0 bridgehead atoms. The number of aromatic nitrogens is 2. The summed E-state index contributed by atoms with van der Waals surface area (Å²) < 4.78 is 0. The van der Waals surface area contributed by atoms with Gasteiger partial charge in [-0.05, 0) is 50.9 Å². The zero-order valence-corrected chi connectivity index (χ0v) is 11.3. The summed E-state index contributed by atoms with van der Waals surface area (Å²) in [5.41, 5.74) is 2.90. The Morgan fingerprint density at radius 3 is 2.79 bits per heavy atom. The van der Waals surface area contributed by atoms with Gasteiger partial charge in [0.2, 0.25) is 0 Å². The number of aryl methyl sites for hydroxylation is 1. The minimum atomic E-state index is 0.807. The Bertz CT molecular complexity index is 561. The molecule has 0 spiro atoms. The number of rotatable bonds is 4. The lowest BCUT2D eigenvalue weighted by Gasteiger charge is -2.11. The monoisotopic (exact) mass is 256 g/mol. The summed E-state index contributed by atoms with van der Waals surface area (Å²) in [5, 5.41) is 6.83. The lowest BCUT2D eigenvalue weighted by Crippen LogP contribution is -2.14. The SMILES string of the molecule is Cc1nc2ccccc2nc1NCCC1CCNC1. The molecular weight excluding hydrogens is 236 g/mol. The van der Waals surface area contributed by atoms with Crippen molar-refractivity contribution in [2.45, 2.75) is 19.8 Å². The maximum absolute atomic E-state index is 4.65. The Labute approximate surface area is 113 Å². The molecule has 2 aromatic rings. The number of para-hydroxylation sites is 2. The highest BCUT2D eigenvalue weighted by atomic mass is 15.0. The molecule has 0 radical (unpaired) electrons. The number of hydrogen-bond donors (Lipinski definition) is 2. The van der Waals surface area contributed by atoms with E-state index in [1.54, 1.807) is 0 Å². The van der Waals surface area contributed by atoms with Crippen molar-refractivity contribution >= 4 is 16.9 Å². The van der Waals surface area contributed by atoms with Gasteiger partial charge in [-0.2, -0.15) is 0 Å². The first-order chi connectivity index (χ1) is 9.33. The van der Waals surface area contributed by atoms with Gasteiger partial charge < -0.3 is 10.6 Å². The van der Waals surface area contributed by atoms with E-state index in [4.69, 9.17) is 0 Å². The summed E-state index contributed by atoms with van der Waals surface area (Å²) in [5.74, 6) is 1.73. The number of fused-ring (bicyclic) bond motifs is 1. The second kappa shape index (κ2) is 5.53. The van der Waals surface area contributed by atoms with Gasteiger partial charge in [-0.15, -0.1) is 0 Å². The molecular formula is C15H20N4. The van der Waals surface area contributed by atoms with Crippen LogP contribution in [0.25, 0.3) is 11.0 Å². The van der Waals surface area contributed by atoms with E-state index in [0.29, 0.717) is 0 Å². The van der Waals surface area contributed by atoms with Crippen molar-refractivity contribution in [2.75, 3.05) is 25.0 Å². The minimum Gasteiger partial charge on any atom is -0.369 e. The molecule has 4 heteroatoms. The zero-order valence-electron chi connectivity index (χ0n) is 11.3. The molecule has 0 aliphatic carbocycles. The molecule has 1 aliphatic heterocycles. The average molecular weight is 256 g/mol. The van der Waals surface area contributed by atoms with Crippen LogP contribution in [0.4, 0.5) is 5.82 Å². The van der Waals surface area contributed by atoms with Gasteiger partial charge in [-0.25, -0.2) is 9.97 Å². The van der Waals surface area contributed by atoms with Crippen LogP contribution >= 0.6 is 0 Å². The molecule has 1 unspecified atom stereocenters. The first-order valence-corrected chi connectivity index (χ1v) is 7.01. The van der Waals surface area contributed by atoms with Crippen LogP contribution in [-0.2, 0) is 0 Å². The van der Waals surface area contributed by atoms with Crippen LogP contribution in [0.3, 0.4) is 0 Å². The molecule has 2 N–H and O–H groups in total. The Morgan fingerprint density at radius 1 is 1.26 bits per heavy atom. The van der Waals surface area contributed by atoms with Crippen LogP contribution in [0.1, 0.15) is 18.5 Å². The maximum atomic E-state index is 4.65. The smallest absolute Gasteiger partial charge is 0.148 e. The fraction of sp³-hybridized carbons (Fsp3) is 0.467. The van der Waals surface area contributed by atoms with E-state index >= 15 is 0 Å². The topological polar surface area (TPSA) is 49.8 Å². The highest BCUT2D eigenvalue weighted by Crippen LogP contribution is 2.17. The Hall–Kier alpha value is -1.68. The number of benzene rings is 1. The number of anilines is 1. The largest absolute Gasteiger partial charge is 0.369 e. The van der Waals surface area contributed by atoms with Gasteiger partial charge in [0.05, 0.1) is 16.7 Å². The van der Waals surface area contributed by atoms with E-state index in [2.05, 4.69) is 20.6 Å². The van der Waals surface area contributed by atoms with Crippen LogP contribution in [0.5, 0.6) is 0 Å². The molecule has 1 aromatic carbocycles. The Kier molecular flexibility index (Phi) is 3.60.